The normalized spacial score (nSPS) is 22.6. The molecule has 0 amide bonds. The second-order valence-corrected chi connectivity index (χ2v) is 16.6. The van der Waals surface area contributed by atoms with Crippen molar-refractivity contribution in [3.63, 3.8) is 0 Å². The summed E-state index contributed by atoms with van der Waals surface area (Å²) in [4.78, 5) is 4.63. The molecule has 0 spiro atoms. The highest BCUT2D eigenvalue weighted by atomic mass is 32.1. The Morgan fingerprint density at radius 2 is 2.07 bits per heavy atom. The van der Waals surface area contributed by atoms with E-state index in [9.17, 15) is 5.11 Å². The van der Waals surface area contributed by atoms with Gasteiger partial charge in [-0.15, -0.1) is 11.3 Å². The lowest BCUT2D eigenvalue weighted by molar-refractivity contribution is 0.195. The molecule has 1 aromatic heterocycles. The first-order chi connectivity index (χ1) is 13.4. The van der Waals surface area contributed by atoms with Crippen LogP contribution in [0.2, 0.25) is 18.1 Å². The molecular formula is C24H43NO2SSi. The Morgan fingerprint density at radius 1 is 1.38 bits per heavy atom. The van der Waals surface area contributed by atoms with E-state index in [1.54, 1.807) is 11.3 Å². The molecule has 4 atom stereocenters. The van der Waals surface area contributed by atoms with E-state index in [0.29, 0.717) is 12.5 Å². The molecule has 0 bridgehead atoms. The number of hydrogen-bond donors (Lipinski definition) is 1. The molecule has 5 heteroatoms. The molecule has 3 nitrogen and oxygen atoms in total. The number of thiazole rings is 1. The number of rotatable bonds is 11. The van der Waals surface area contributed by atoms with Crippen LogP contribution in [-0.2, 0) is 4.43 Å². The highest BCUT2D eigenvalue weighted by Crippen LogP contribution is 2.48. The third-order valence-electron chi connectivity index (χ3n) is 6.93. The molecule has 2 rings (SSSR count). The lowest BCUT2D eigenvalue weighted by atomic mass is 10.0. The second-order valence-electron chi connectivity index (χ2n) is 10.8. The molecule has 1 aliphatic carbocycles. The maximum absolute atomic E-state index is 9.22. The summed E-state index contributed by atoms with van der Waals surface area (Å²) in [5.41, 5.74) is 2.39. The van der Waals surface area contributed by atoms with Gasteiger partial charge in [-0.2, -0.15) is 0 Å². The minimum atomic E-state index is -1.84. The van der Waals surface area contributed by atoms with Gasteiger partial charge >= 0.3 is 0 Å². The van der Waals surface area contributed by atoms with Gasteiger partial charge in [0.1, 0.15) is 0 Å². The number of aromatic nitrogens is 1. The number of aryl methyl sites for hydroxylation is 1. The van der Waals surface area contributed by atoms with Crippen LogP contribution in [0.3, 0.4) is 0 Å². The van der Waals surface area contributed by atoms with Gasteiger partial charge in [-0.25, -0.2) is 4.98 Å². The van der Waals surface area contributed by atoms with Gasteiger partial charge in [0, 0.05) is 12.0 Å². The average molecular weight is 438 g/mol. The summed E-state index contributed by atoms with van der Waals surface area (Å²) in [6.45, 7) is 18.4. The van der Waals surface area contributed by atoms with E-state index in [-0.39, 0.29) is 11.1 Å². The fourth-order valence-corrected chi connectivity index (χ4v) is 5.60. The summed E-state index contributed by atoms with van der Waals surface area (Å²) in [5.74, 6) is 2.07. The Kier molecular flexibility index (Phi) is 8.72. The lowest BCUT2D eigenvalue weighted by Gasteiger charge is -2.39. The summed E-state index contributed by atoms with van der Waals surface area (Å²) < 4.78 is 6.92. The maximum atomic E-state index is 9.22. The van der Waals surface area contributed by atoms with E-state index < -0.39 is 8.32 Å². The highest BCUT2D eigenvalue weighted by Gasteiger charge is 2.43. The maximum Gasteiger partial charge on any atom is 0.192 e. The van der Waals surface area contributed by atoms with Gasteiger partial charge in [0.25, 0.3) is 0 Å². The fourth-order valence-electron chi connectivity index (χ4n) is 3.68. The van der Waals surface area contributed by atoms with Crippen molar-refractivity contribution in [2.24, 2.45) is 17.8 Å². The Balaban J connectivity index is 2.03. The number of aliphatic hydroxyl groups is 1. The molecular weight excluding hydrogens is 394 g/mol. The van der Waals surface area contributed by atoms with Crippen molar-refractivity contribution in [2.45, 2.75) is 97.9 Å². The molecule has 1 saturated carbocycles. The van der Waals surface area contributed by atoms with Crippen molar-refractivity contribution in [3.8, 4) is 0 Å². The van der Waals surface area contributed by atoms with Crippen LogP contribution in [0.15, 0.2) is 11.0 Å². The van der Waals surface area contributed by atoms with Crippen LogP contribution >= 0.6 is 11.3 Å². The smallest absolute Gasteiger partial charge is 0.192 e. The van der Waals surface area contributed by atoms with Crippen molar-refractivity contribution in [2.75, 3.05) is 6.61 Å². The summed E-state index contributed by atoms with van der Waals surface area (Å²) in [7, 11) is -1.84. The number of hydrogen-bond acceptors (Lipinski definition) is 4. The second kappa shape index (κ2) is 10.2. The standard InChI is InChI=1S/C24H43NO2SSi/c1-17(15-26)10-9-11-20-13-21(20)14-23(27-29(7,8)24(4,5)6)18(2)12-22-16-28-19(3)25-22/h12,16-17,20-21,23,26H,9-11,13-15H2,1-8H3/b18-12+/t17-,20+,21-,23-/m0/s1. The van der Waals surface area contributed by atoms with Gasteiger partial charge in [-0.3, -0.25) is 0 Å². The molecule has 0 saturated heterocycles. The SMILES string of the molecule is C/C(=C\c1csc(C)n1)[C@H](C[C@@H]1C[C@H]1CCC[C@H](C)CO)O[Si](C)(C)C(C)(C)C. The van der Waals surface area contributed by atoms with Crippen LogP contribution in [-0.4, -0.2) is 31.1 Å². The molecule has 0 radical (unpaired) electrons. The Labute approximate surface area is 184 Å². The van der Waals surface area contributed by atoms with E-state index in [1.807, 2.05) is 0 Å². The molecule has 0 aliphatic heterocycles. The van der Waals surface area contributed by atoms with Crippen molar-refractivity contribution >= 4 is 25.7 Å². The minimum absolute atomic E-state index is 0.198. The molecule has 29 heavy (non-hydrogen) atoms. The zero-order valence-corrected chi connectivity index (χ0v) is 21.7. The number of nitrogens with zero attached hydrogens (tertiary/aromatic N) is 1. The summed E-state index contributed by atoms with van der Waals surface area (Å²) in [5, 5.41) is 12.7. The third-order valence-corrected chi connectivity index (χ3v) is 12.2. The average Bonchev–Trinajstić information content (AvgIpc) is 3.22. The molecule has 166 valence electrons. The van der Waals surface area contributed by atoms with Crippen LogP contribution in [0.5, 0.6) is 0 Å². The molecule has 1 fully saturated rings. The zero-order chi connectivity index (χ0) is 21.8. The van der Waals surface area contributed by atoms with Gasteiger partial charge in [0.2, 0.25) is 0 Å². The Bertz CT molecular complexity index is 677. The topological polar surface area (TPSA) is 42.4 Å². The van der Waals surface area contributed by atoms with Crippen LogP contribution in [0.1, 0.15) is 77.4 Å². The summed E-state index contributed by atoms with van der Waals surface area (Å²) >= 11 is 1.71. The van der Waals surface area contributed by atoms with Crippen molar-refractivity contribution in [1.82, 2.24) is 4.98 Å². The van der Waals surface area contributed by atoms with Gasteiger partial charge < -0.3 is 9.53 Å². The molecule has 1 N–H and O–H groups in total. The van der Waals surface area contributed by atoms with Crippen molar-refractivity contribution in [3.05, 3.63) is 21.7 Å². The van der Waals surface area contributed by atoms with Gasteiger partial charge in [0.05, 0.1) is 16.8 Å². The first kappa shape index (κ1) is 24.8. The number of aliphatic hydroxyl groups excluding tert-OH is 1. The van der Waals surface area contributed by atoms with Crippen LogP contribution in [0.25, 0.3) is 6.08 Å². The van der Waals surface area contributed by atoms with E-state index in [2.05, 4.69) is 71.1 Å². The van der Waals surface area contributed by atoms with E-state index in [0.717, 1.165) is 35.4 Å². The Morgan fingerprint density at radius 3 is 2.62 bits per heavy atom. The Hall–Kier alpha value is -0.493. The van der Waals surface area contributed by atoms with Crippen LogP contribution in [0, 0.1) is 24.7 Å². The summed E-state index contributed by atoms with van der Waals surface area (Å²) in [6.07, 6.45) is 8.60. The van der Waals surface area contributed by atoms with E-state index in [4.69, 9.17) is 4.43 Å². The van der Waals surface area contributed by atoms with Crippen LogP contribution in [0.4, 0.5) is 0 Å². The zero-order valence-electron chi connectivity index (χ0n) is 19.9. The molecule has 1 aromatic rings. The van der Waals surface area contributed by atoms with Crippen molar-refractivity contribution < 1.29 is 9.53 Å². The first-order valence-electron chi connectivity index (χ1n) is 11.3. The van der Waals surface area contributed by atoms with Gasteiger partial charge in [0.15, 0.2) is 8.32 Å². The highest BCUT2D eigenvalue weighted by molar-refractivity contribution is 7.09. The summed E-state index contributed by atoms with van der Waals surface area (Å²) in [6, 6.07) is 0. The monoisotopic (exact) mass is 437 g/mol. The van der Waals surface area contributed by atoms with Crippen LogP contribution < -0.4 is 0 Å². The predicted octanol–water partition coefficient (Wildman–Crippen LogP) is 7.07. The van der Waals surface area contributed by atoms with Gasteiger partial charge in [-0.1, -0.05) is 40.5 Å². The minimum Gasteiger partial charge on any atom is -0.410 e. The first-order valence-corrected chi connectivity index (χ1v) is 15.1. The molecule has 1 aliphatic rings. The van der Waals surface area contributed by atoms with E-state index >= 15 is 0 Å². The fraction of sp³-hybridized carbons (Fsp3) is 0.792. The largest absolute Gasteiger partial charge is 0.410 e. The lowest BCUT2D eigenvalue weighted by Crippen LogP contribution is -2.44. The van der Waals surface area contributed by atoms with E-state index in [1.165, 1.54) is 24.8 Å². The molecule has 0 unspecified atom stereocenters. The predicted molar refractivity (Wildman–Crippen MR) is 129 cm³/mol. The molecule has 1 heterocycles. The molecule has 0 aromatic carbocycles. The van der Waals surface area contributed by atoms with Crippen molar-refractivity contribution in [1.29, 1.82) is 0 Å². The third kappa shape index (κ3) is 7.61. The van der Waals surface area contributed by atoms with Gasteiger partial charge in [-0.05, 0) is 80.6 Å². The quantitative estimate of drug-likeness (QED) is 0.376.